The third-order valence-electron chi connectivity index (χ3n) is 5.54. The van der Waals surface area contributed by atoms with Crippen LogP contribution in [0, 0.1) is 13.8 Å². The number of halogens is 1. The molecule has 4 heterocycles. The molecule has 0 bridgehead atoms. The van der Waals surface area contributed by atoms with Gasteiger partial charge in [-0.15, -0.1) is 0 Å². The highest BCUT2D eigenvalue weighted by Crippen LogP contribution is 2.32. The predicted octanol–water partition coefficient (Wildman–Crippen LogP) is 4.66. The van der Waals surface area contributed by atoms with Crippen molar-refractivity contribution in [3.8, 4) is 17.1 Å². The molecule has 0 spiro atoms. The number of fused-ring (bicyclic) bond motifs is 1. The minimum Gasteiger partial charge on any atom is -0.382 e. The number of carbonyl (C=O) groups excluding carboxylic acids is 1. The van der Waals surface area contributed by atoms with Gasteiger partial charge in [-0.3, -0.25) is 14.8 Å². The van der Waals surface area contributed by atoms with Crippen LogP contribution in [-0.4, -0.2) is 30.4 Å². The summed E-state index contributed by atoms with van der Waals surface area (Å²) in [5.74, 6) is 0.0760. The van der Waals surface area contributed by atoms with Gasteiger partial charge in [0.15, 0.2) is 17.3 Å². The number of amides is 1. The van der Waals surface area contributed by atoms with Gasteiger partial charge in [0.05, 0.1) is 22.8 Å². The van der Waals surface area contributed by atoms with E-state index in [-0.39, 0.29) is 18.1 Å². The summed E-state index contributed by atoms with van der Waals surface area (Å²) in [4.78, 5) is 31.0. The molecule has 1 aromatic carbocycles. The number of nitrogens with two attached hydrogens (primary N) is 1. The zero-order chi connectivity index (χ0) is 24.5. The highest BCUT2D eigenvalue weighted by atomic mass is 35.5. The van der Waals surface area contributed by atoms with E-state index in [9.17, 15) is 4.79 Å². The molecule has 0 aliphatic rings. The Morgan fingerprint density at radius 1 is 1.09 bits per heavy atom. The fourth-order valence-corrected chi connectivity index (χ4v) is 4.03. The molecule has 0 atom stereocenters. The average molecular weight is 484 g/mol. The highest BCUT2D eigenvalue weighted by molar-refractivity contribution is 6.35. The number of benzene rings is 1. The van der Waals surface area contributed by atoms with Crippen molar-refractivity contribution in [2.45, 2.75) is 20.4 Å². The summed E-state index contributed by atoms with van der Waals surface area (Å²) >= 11 is 6.55. The molecule has 5 rings (SSSR count). The third-order valence-corrected chi connectivity index (χ3v) is 5.83. The molecule has 8 nitrogen and oxygen atoms in total. The fraction of sp³-hybridized carbons (Fsp3) is 0.115. The Balaban J connectivity index is 1.59. The Hall–Kier alpha value is -4.30. The molecular weight excluding hydrogens is 462 g/mol. The van der Waals surface area contributed by atoms with Gasteiger partial charge in [-0.25, -0.2) is 9.97 Å². The Kier molecular flexibility index (Phi) is 5.88. The molecule has 35 heavy (non-hydrogen) atoms. The SMILES string of the molecule is Cc1ccc(CNC(=O)c2nc(-c3cc(Cl)c4ncccc4c3)c(-n3ccc(C)c3)nc2N)nc1. The van der Waals surface area contributed by atoms with Crippen molar-refractivity contribution in [1.82, 2.24) is 29.8 Å². The van der Waals surface area contributed by atoms with Gasteiger partial charge in [-0.05, 0) is 55.3 Å². The Bertz CT molecular complexity index is 1560. The molecule has 3 N–H and O–H groups in total. The summed E-state index contributed by atoms with van der Waals surface area (Å²) in [5, 5.41) is 4.15. The molecule has 0 saturated carbocycles. The predicted molar refractivity (Wildman–Crippen MR) is 136 cm³/mol. The van der Waals surface area contributed by atoms with Crippen molar-refractivity contribution < 1.29 is 4.79 Å². The van der Waals surface area contributed by atoms with E-state index in [1.165, 1.54) is 0 Å². The van der Waals surface area contributed by atoms with Gasteiger partial charge in [0, 0.05) is 35.7 Å². The number of hydrogen-bond acceptors (Lipinski definition) is 6. The molecule has 5 aromatic rings. The number of nitrogens with zero attached hydrogens (tertiary/aromatic N) is 5. The number of nitrogen functional groups attached to an aromatic ring is 1. The van der Waals surface area contributed by atoms with E-state index in [2.05, 4.69) is 25.3 Å². The number of aryl methyl sites for hydroxylation is 2. The van der Waals surface area contributed by atoms with Crippen LogP contribution >= 0.6 is 11.6 Å². The lowest BCUT2D eigenvalue weighted by molar-refractivity contribution is 0.0946. The van der Waals surface area contributed by atoms with Crippen LogP contribution in [-0.2, 0) is 6.54 Å². The van der Waals surface area contributed by atoms with Gasteiger partial charge >= 0.3 is 0 Å². The van der Waals surface area contributed by atoms with Crippen LogP contribution in [0.25, 0.3) is 28.0 Å². The molecule has 4 aromatic heterocycles. The second kappa shape index (κ2) is 9.15. The van der Waals surface area contributed by atoms with Gasteiger partial charge < -0.3 is 15.6 Å². The molecular formula is C26H22ClN7O. The van der Waals surface area contributed by atoms with Crippen LogP contribution in [0.5, 0.6) is 0 Å². The summed E-state index contributed by atoms with van der Waals surface area (Å²) in [6.45, 7) is 4.17. The fourth-order valence-electron chi connectivity index (χ4n) is 3.76. The van der Waals surface area contributed by atoms with Crippen LogP contribution in [0.2, 0.25) is 5.02 Å². The number of aromatic nitrogens is 5. The largest absolute Gasteiger partial charge is 0.382 e. The first-order valence-electron chi connectivity index (χ1n) is 11.0. The summed E-state index contributed by atoms with van der Waals surface area (Å²) in [6, 6.07) is 13.2. The van der Waals surface area contributed by atoms with Crippen LogP contribution < -0.4 is 11.1 Å². The smallest absolute Gasteiger partial charge is 0.274 e. The second-order valence-electron chi connectivity index (χ2n) is 8.27. The molecule has 0 radical (unpaired) electrons. The summed E-state index contributed by atoms with van der Waals surface area (Å²) in [7, 11) is 0. The Labute approximate surface area is 206 Å². The van der Waals surface area contributed by atoms with E-state index >= 15 is 0 Å². The van der Waals surface area contributed by atoms with Crippen molar-refractivity contribution in [3.05, 3.63) is 94.8 Å². The maximum Gasteiger partial charge on any atom is 0.274 e. The summed E-state index contributed by atoms with van der Waals surface area (Å²) in [6.07, 6.45) is 7.23. The lowest BCUT2D eigenvalue weighted by atomic mass is 10.1. The van der Waals surface area contributed by atoms with Crippen LogP contribution in [0.3, 0.4) is 0 Å². The van der Waals surface area contributed by atoms with Crippen molar-refractivity contribution >= 4 is 34.2 Å². The quantitative estimate of drug-likeness (QED) is 0.376. The second-order valence-corrected chi connectivity index (χ2v) is 8.68. The highest BCUT2D eigenvalue weighted by Gasteiger charge is 2.21. The molecule has 9 heteroatoms. The van der Waals surface area contributed by atoms with Crippen molar-refractivity contribution in [1.29, 1.82) is 0 Å². The van der Waals surface area contributed by atoms with Crippen LogP contribution in [0.1, 0.15) is 27.3 Å². The number of carbonyl (C=O) groups is 1. The van der Waals surface area contributed by atoms with E-state index < -0.39 is 5.91 Å². The monoisotopic (exact) mass is 483 g/mol. The summed E-state index contributed by atoms with van der Waals surface area (Å²) < 4.78 is 1.83. The van der Waals surface area contributed by atoms with E-state index in [4.69, 9.17) is 17.3 Å². The van der Waals surface area contributed by atoms with Gasteiger partial charge in [-0.2, -0.15) is 0 Å². The number of hydrogen-bond donors (Lipinski definition) is 2. The Morgan fingerprint density at radius 2 is 1.94 bits per heavy atom. The zero-order valence-electron chi connectivity index (χ0n) is 19.2. The molecule has 0 unspecified atom stereocenters. The van der Waals surface area contributed by atoms with Gasteiger partial charge in [-0.1, -0.05) is 23.7 Å². The van der Waals surface area contributed by atoms with E-state index in [1.54, 1.807) is 18.5 Å². The zero-order valence-corrected chi connectivity index (χ0v) is 19.9. The van der Waals surface area contributed by atoms with Gasteiger partial charge in [0.1, 0.15) is 5.69 Å². The average Bonchev–Trinajstić information content (AvgIpc) is 3.29. The maximum absolute atomic E-state index is 13.1. The lowest BCUT2D eigenvalue weighted by Crippen LogP contribution is -2.26. The van der Waals surface area contributed by atoms with E-state index in [1.807, 2.05) is 67.2 Å². The minimum atomic E-state index is -0.442. The van der Waals surface area contributed by atoms with Crippen molar-refractivity contribution in [3.63, 3.8) is 0 Å². The number of pyridine rings is 2. The topological polar surface area (TPSA) is 112 Å². The van der Waals surface area contributed by atoms with E-state index in [0.29, 0.717) is 27.6 Å². The molecule has 0 saturated heterocycles. The standard InChI is InChI=1S/C26H22ClN7O/c1-15-5-6-19(30-12-15)13-31-26(35)23-24(28)33-25(34-9-7-16(2)14-34)22(32-23)18-10-17-4-3-8-29-21(17)20(27)11-18/h3-12,14H,13H2,1-2H3,(H2,28,33)(H,31,35). The molecule has 0 fully saturated rings. The molecule has 174 valence electrons. The maximum atomic E-state index is 13.1. The van der Waals surface area contributed by atoms with Crippen LogP contribution in [0.4, 0.5) is 5.82 Å². The summed E-state index contributed by atoms with van der Waals surface area (Å²) in [5.41, 5.74) is 10.9. The lowest BCUT2D eigenvalue weighted by Gasteiger charge is -2.14. The first-order chi connectivity index (χ1) is 16.9. The molecule has 0 aliphatic heterocycles. The minimum absolute atomic E-state index is 0.0259. The third kappa shape index (κ3) is 4.56. The normalized spacial score (nSPS) is 11.1. The molecule has 0 aliphatic carbocycles. The number of anilines is 1. The van der Waals surface area contributed by atoms with E-state index in [0.717, 1.165) is 22.2 Å². The van der Waals surface area contributed by atoms with Crippen molar-refractivity contribution in [2.75, 3.05) is 5.73 Å². The number of nitrogens with one attached hydrogen (secondary N) is 1. The van der Waals surface area contributed by atoms with Crippen LogP contribution in [0.15, 0.2) is 67.3 Å². The molecule has 1 amide bonds. The van der Waals surface area contributed by atoms with Gasteiger partial charge in [0.2, 0.25) is 0 Å². The van der Waals surface area contributed by atoms with Gasteiger partial charge in [0.25, 0.3) is 5.91 Å². The van der Waals surface area contributed by atoms with Crippen molar-refractivity contribution in [2.24, 2.45) is 0 Å². The Morgan fingerprint density at radius 3 is 2.69 bits per heavy atom. The first-order valence-corrected chi connectivity index (χ1v) is 11.3. The first kappa shape index (κ1) is 22.5. The number of rotatable bonds is 5.